The van der Waals surface area contributed by atoms with E-state index in [2.05, 4.69) is 9.24 Å². The number of ketones is 1. The molecule has 22 heavy (non-hydrogen) atoms. The van der Waals surface area contributed by atoms with Gasteiger partial charge >= 0.3 is 11.9 Å². The van der Waals surface area contributed by atoms with Crippen LogP contribution in [-0.2, 0) is 30.3 Å². The standard InChI is InChI=1S/C14H13F2O5P/c1-14(2)20-12(18)11(13(19)21-14)9(17)4-6-3-7(15)8(16)5-10(6)22/h3,5,11H,4,22H2,1-2H3. The second kappa shape index (κ2) is 5.72. The first-order valence-corrected chi connectivity index (χ1v) is 6.90. The van der Waals surface area contributed by atoms with Crippen molar-refractivity contribution in [2.24, 2.45) is 5.92 Å². The zero-order chi connectivity index (χ0) is 16.7. The maximum Gasteiger partial charge on any atom is 0.331 e. The van der Waals surface area contributed by atoms with Crippen molar-refractivity contribution >= 4 is 32.3 Å². The van der Waals surface area contributed by atoms with E-state index in [1.165, 1.54) is 13.8 Å². The third-order valence-electron chi connectivity index (χ3n) is 3.03. The van der Waals surface area contributed by atoms with Gasteiger partial charge in [-0.25, -0.2) is 8.78 Å². The number of esters is 2. The molecule has 2 rings (SSSR count). The summed E-state index contributed by atoms with van der Waals surface area (Å²) in [5, 5.41) is 0.255. The zero-order valence-corrected chi connectivity index (χ0v) is 13.0. The van der Waals surface area contributed by atoms with Crippen molar-refractivity contribution in [3.8, 4) is 0 Å². The summed E-state index contributed by atoms with van der Waals surface area (Å²) in [5.74, 6) is -8.16. The minimum atomic E-state index is -1.72. The largest absolute Gasteiger partial charge is 0.422 e. The molecule has 1 atom stereocenters. The van der Waals surface area contributed by atoms with E-state index in [0.717, 1.165) is 12.1 Å². The van der Waals surface area contributed by atoms with Crippen LogP contribution in [0.15, 0.2) is 12.1 Å². The molecule has 0 bridgehead atoms. The number of halogens is 2. The zero-order valence-electron chi connectivity index (χ0n) is 11.8. The van der Waals surface area contributed by atoms with Crippen molar-refractivity contribution in [3.05, 3.63) is 29.3 Å². The van der Waals surface area contributed by atoms with Crippen LogP contribution in [0.25, 0.3) is 0 Å². The van der Waals surface area contributed by atoms with E-state index in [4.69, 9.17) is 9.47 Å². The van der Waals surface area contributed by atoms with Crippen molar-refractivity contribution in [2.75, 3.05) is 0 Å². The number of Topliss-reactive ketones (excluding diaryl/α,β-unsaturated/α-hetero) is 1. The van der Waals surface area contributed by atoms with Gasteiger partial charge in [0.05, 0.1) is 0 Å². The van der Waals surface area contributed by atoms with Crippen LogP contribution in [0.4, 0.5) is 8.78 Å². The predicted octanol–water partition coefficient (Wildman–Crippen LogP) is 1.03. The molecule has 1 heterocycles. The minimum absolute atomic E-state index is 0.152. The Morgan fingerprint density at radius 2 is 1.68 bits per heavy atom. The molecule has 0 N–H and O–H groups in total. The lowest BCUT2D eigenvalue weighted by Crippen LogP contribution is -2.49. The van der Waals surface area contributed by atoms with E-state index in [-0.39, 0.29) is 10.9 Å². The Bertz CT molecular complexity index is 651. The van der Waals surface area contributed by atoms with Crippen LogP contribution in [0, 0.1) is 17.6 Å². The number of rotatable bonds is 3. The minimum Gasteiger partial charge on any atom is -0.422 e. The molecule has 5 nitrogen and oxygen atoms in total. The van der Waals surface area contributed by atoms with E-state index in [0.29, 0.717) is 0 Å². The number of ether oxygens (including phenoxy) is 2. The van der Waals surface area contributed by atoms with E-state index >= 15 is 0 Å². The number of carbonyl (C=O) groups is 3. The third kappa shape index (κ3) is 3.30. The molecule has 0 spiro atoms. The number of carbonyl (C=O) groups excluding carboxylic acids is 3. The third-order valence-corrected chi connectivity index (χ3v) is 3.57. The molecule has 0 saturated carbocycles. The molecular weight excluding hydrogens is 317 g/mol. The molecule has 1 aliphatic heterocycles. The summed E-state index contributed by atoms with van der Waals surface area (Å²) in [6.07, 6.45) is -0.425. The van der Waals surface area contributed by atoms with Gasteiger partial charge < -0.3 is 9.47 Å². The van der Waals surface area contributed by atoms with Crippen LogP contribution < -0.4 is 5.30 Å². The molecule has 0 radical (unpaired) electrons. The molecule has 118 valence electrons. The first-order valence-electron chi connectivity index (χ1n) is 6.32. The Kier molecular flexibility index (Phi) is 4.29. The average molecular weight is 330 g/mol. The Hall–Kier alpha value is -1.88. The molecule has 1 aliphatic rings. The first-order chi connectivity index (χ1) is 10.1. The summed E-state index contributed by atoms with van der Waals surface area (Å²) in [4.78, 5) is 35.7. The summed E-state index contributed by atoms with van der Waals surface area (Å²) < 4.78 is 36.0. The van der Waals surface area contributed by atoms with E-state index in [1.54, 1.807) is 0 Å². The van der Waals surface area contributed by atoms with Crippen molar-refractivity contribution < 1.29 is 32.6 Å². The van der Waals surface area contributed by atoms with Crippen LogP contribution in [-0.4, -0.2) is 23.5 Å². The highest BCUT2D eigenvalue weighted by Gasteiger charge is 2.47. The van der Waals surface area contributed by atoms with Crippen LogP contribution >= 0.6 is 9.24 Å². The van der Waals surface area contributed by atoms with Crippen molar-refractivity contribution in [1.82, 2.24) is 0 Å². The first kappa shape index (κ1) is 16.5. The highest BCUT2D eigenvalue weighted by Crippen LogP contribution is 2.24. The lowest BCUT2D eigenvalue weighted by Gasteiger charge is -2.32. The fraction of sp³-hybridized carbons (Fsp3) is 0.357. The molecular formula is C14H13F2O5P. The molecule has 1 fully saturated rings. The molecule has 0 aliphatic carbocycles. The van der Waals surface area contributed by atoms with E-state index in [9.17, 15) is 23.2 Å². The monoisotopic (exact) mass is 330 g/mol. The van der Waals surface area contributed by atoms with Gasteiger partial charge in [0.25, 0.3) is 5.79 Å². The van der Waals surface area contributed by atoms with Crippen LogP contribution in [0.5, 0.6) is 0 Å². The molecule has 0 aromatic heterocycles. The fourth-order valence-corrected chi connectivity index (χ4v) is 2.36. The van der Waals surface area contributed by atoms with Gasteiger partial charge in [0.2, 0.25) is 5.92 Å². The van der Waals surface area contributed by atoms with Gasteiger partial charge in [-0.05, 0) is 23.0 Å². The van der Waals surface area contributed by atoms with Gasteiger partial charge in [-0.1, -0.05) is 0 Å². The Labute approximate surface area is 127 Å². The fourth-order valence-electron chi connectivity index (χ4n) is 2.03. The summed E-state index contributed by atoms with van der Waals surface area (Å²) in [5.41, 5.74) is 0.152. The number of hydrogen-bond donors (Lipinski definition) is 0. The molecule has 1 saturated heterocycles. The van der Waals surface area contributed by atoms with Crippen molar-refractivity contribution in [3.63, 3.8) is 0 Å². The molecule has 1 aromatic rings. The molecule has 8 heteroatoms. The van der Waals surface area contributed by atoms with Gasteiger partial charge in [-0.2, -0.15) is 0 Å². The lowest BCUT2D eigenvalue weighted by molar-refractivity contribution is -0.238. The molecule has 1 unspecified atom stereocenters. The Morgan fingerprint density at radius 3 is 2.23 bits per heavy atom. The van der Waals surface area contributed by atoms with Gasteiger partial charge in [0, 0.05) is 20.3 Å². The van der Waals surface area contributed by atoms with E-state index < -0.39 is 47.5 Å². The van der Waals surface area contributed by atoms with E-state index in [1.807, 2.05) is 0 Å². The average Bonchev–Trinajstić information content (AvgIpc) is 2.33. The lowest BCUT2D eigenvalue weighted by atomic mass is 9.96. The quantitative estimate of drug-likeness (QED) is 0.470. The molecule has 1 aromatic carbocycles. The maximum atomic E-state index is 13.2. The van der Waals surface area contributed by atoms with Gasteiger partial charge in [-0.15, -0.1) is 9.24 Å². The highest BCUT2D eigenvalue weighted by molar-refractivity contribution is 7.27. The smallest absolute Gasteiger partial charge is 0.331 e. The Morgan fingerprint density at radius 1 is 1.18 bits per heavy atom. The SMILES string of the molecule is CC1(C)OC(=O)C(C(=O)Cc2cc(F)c(F)cc2P)C(=O)O1. The van der Waals surface area contributed by atoms with Gasteiger partial charge in [0.1, 0.15) is 0 Å². The second-order valence-electron chi connectivity index (χ2n) is 5.28. The number of cyclic esters (lactones) is 2. The number of hydrogen-bond acceptors (Lipinski definition) is 5. The van der Waals surface area contributed by atoms with Crippen molar-refractivity contribution in [2.45, 2.75) is 26.1 Å². The van der Waals surface area contributed by atoms with Crippen LogP contribution in [0.2, 0.25) is 0 Å². The second-order valence-corrected chi connectivity index (χ2v) is 5.91. The number of benzene rings is 1. The summed E-state index contributed by atoms with van der Waals surface area (Å²) in [6.45, 7) is 2.72. The van der Waals surface area contributed by atoms with Crippen LogP contribution in [0.3, 0.4) is 0 Å². The van der Waals surface area contributed by atoms with Crippen LogP contribution in [0.1, 0.15) is 19.4 Å². The van der Waals surface area contributed by atoms with Gasteiger partial charge in [0.15, 0.2) is 17.4 Å². The topological polar surface area (TPSA) is 69.7 Å². The maximum absolute atomic E-state index is 13.2. The summed E-state index contributed by atoms with van der Waals surface area (Å²) >= 11 is 0. The normalized spacial score (nSPS) is 17.9. The highest BCUT2D eigenvalue weighted by atomic mass is 31.0. The summed E-state index contributed by atoms with van der Waals surface area (Å²) in [6, 6.07) is 1.75. The molecule has 0 amide bonds. The predicted molar refractivity (Wildman–Crippen MR) is 74.2 cm³/mol. The van der Waals surface area contributed by atoms with Crippen molar-refractivity contribution in [1.29, 1.82) is 0 Å². The Balaban J connectivity index is 2.21. The van der Waals surface area contributed by atoms with Gasteiger partial charge in [-0.3, -0.25) is 14.4 Å². The summed E-state index contributed by atoms with van der Waals surface area (Å²) in [7, 11) is 2.16.